The van der Waals surface area contributed by atoms with E-state index in [4.69, 9.17) is 9.47 Å². The second-order valence-corrected chi connectivity index (χ2v) is 9.02. The van der Waals surface area contributed by atoms with Crippen molar-refractivity contribution in [2.45, 2.75) is 32.7 Å². The van der Waals surface area contributed by atoms with Crippen molar-refractivity contribution >= 4 is 21.6 Å². The fourth-order valence-corrected chi connectivity index (χ4v) is 4.44. The van der Waals surface area contributed by atoms with Gasteiger partial charge >= 0.3 is 0 Å². The summed E-state index contributed by atoms with van der Waals surface area (Å²) in [6.45, 7) is 4.04. The van der Waals surface area contributed by atoms with Crippen molar-refractivity contribution in [2.24, 2.45) is 0 Å². The molecule has 0 saturated carbocycles. The summed E-state index contributed by atoms with van der Waals surface area (Å²) >= 11 is 0. The second kappa shape index (κ2) is 10.3. The number of carbonyl (C=O) groups excluding carboxylic acids is 1. The molecule has 0 spiro atoms. The third-order valence-corrected chi connectivity index (χ3v) is 5.96. The van der Waals surface area contributed by atoms with E-state index in [0.717, 1.165) is 23.4 Å². The lowest BCUT2D eigenvalue weighted by Gasteiger charge is -2.29. The van der Waals surface area contributed by atoms with E-state index < -0.39 is 16.1 Å². The van der Waals surface area contributed by atoms with Gasteiger partial charge in [0.25, 0.3) is 0 Å². The summed E-state index contributed by atoms with van der Waals surface area (Å²) < 4.78 is 36.7. The van der Waals surface area contributed by atoms with E-state index >= 15 is 0 Å². The van der Waals surface area contributed by atoms with Gasteiger partial charge in [-0.1, -0.05) is 29.8 Å². The average molecular weight is 435 g/mol. The lowest BCUT2D eigenvalue weighted by Crippen LogP contribution is -2.48. The zero-order chi connectivity index (χ0) is 22.3. The number of hydrogen-bond donors (Lipinski definition) is 1. The van der Waals surface area contributed by atoms with E-state index in [0.29, 0.717) is 18.0 Å². The van der Waals surface area contributed by atoms with Gasteiger partial charge in [0, 0.05) is 12.6 Å². The van der Waals surface area contributed by atoms with Crippen LogP contribution in [0.5, 0.6) is 11.5 Å². The molecule has 1 unspecified atom stereocenters. The zero-order valence-electron chi connectivity index (χ0n) is 18.1. The van der Waals surface area contributed by atoms with Gasteiger partial charge in [-0.05, 0) is 44.4 Å². The highest BCUT2D eigenvalue weighted by atomic mass is 32.2. The SMILES string of the molecule is COc1ccc(OC)c(N(C(C)C(=O)NCCCc2cccc(C)c2)S(C)(=O)=O)c1. The van der Waals surface area contributed by atoms with Crippen LogP contribution in [-0.4, -0.2) is 47.4 Å². The topological polar surface area (TPSA) is 84.9 Å². The highest BCUT2D eigenvalue weighted by Crippen LogP contribution is 2.35. The molecular weight excluding hydrogens is 404 g/mol. The van der Waals surface area contributed by atoms with Gasteiger partial charge in [-0.3, -0.25) is 9.10 Å². The summed E-state index contributed by atoms with van der Waals surface area (Å²) in [5.74, 6) is 0.417. The van der Waals surface area contributed by atoms with Crippen LogP contribution in [0.25, 0.3) is 0 Å². The first-order valence-corrected chi connectivity index (χ1v) is 11.6. The van der Waals surface area contributed by atoms with Crippen LogP contribution in [0.4, 0.5) is 5.69 Å². The van der Waals surface area contributed by atoms with Crippen molar-refractivity contribution in [3.8, 4) is 11.5 Å². The highest BCUT2D eigenvalue weighted by molar-refractivity contribution is 7.92. The number of anilines is 1. The van der Waals surface area contributed by atoms with Crippen LogP contribution < -0.4 is 19.1 Å². The number of carbonyl (C=O) groups is 1. The number of amides is 1. The Morgan fingerprint density at radius 1 is 1.13 bits per heavy atom. The lowest BCUT2D eigenvalue weighted by atomic mass is 10.1. The molecule has 0 aliphatic heterocycles. The van der Waals surface area contributed by atoms with Crippen LogP contribution in [0.15, 0.2) is 42.5 Å². The van der Waals surface area contributed by atoms with Crippen LogP contribution in [0.1, 0.15) is 24.5 Å². The zero-order valence-corrected chi connectivity index (χ0v) is 19.0. The third kappa shape index (κ3) is 6.13. The van der Waals surface area contributed by atoms with E-state index in [2.05, 4.69) is 17.4 Å². The maximum Gasteiger partial charge on any atom is 0.243 e. The van der Waals surface area contributed by atoms with Gasteiger partial charge in [0.2, 0.25) is 15.9 Å². The van der Waals surface area contributed by atoms with E-state index in [-0.39, 0.29) is 11.6 Å². The first kappa shape index (κ1) is 23.5. The van der Waals surface area contributed by atoms with E-state index in [1.807, 2.05) is 19.1 Å². The molecule has 0 bridgehead atoms. The predicted molar refractivity (Wildman–Crippen MR) is 119 cm³/mol. The molecule has 30 heavy (non-hydrogen) atoms. The fraction of sp³-hybridized carbons (Fsp3) is 0.409. The third-order valence-electron chi connectivity index (χ3n) is 4.74. The number of sulfonamides is 1. The molecule has 1 amide bonds. The van der Waals surface area contributed by atoms with Gasteiger partial charge in [-0.15, -0.1) is 0 Å². The maximum absolute atomic E-state index is 12.7. The summed E-state index contributed by atoms with van der Waals surface area (Å²) in [7, 11) is -0.828. The van der Waals surface area contributed by atoms with Crippen LogP contribution in [-0.2, 0) is 21.2 Å². The molecule has 0 aliphatic rings. The van der Waals surface area contributed by atoms with E-state index in [9.17, 15) is 13.2 Å². The van der Waals surface area contributed by atoms with E-state index in [1.165, 1.54) is 25.3 Å². The van der Waals surface area contributed by atoms with Gasteiger partial charge < -0.3 is 14.8 Å². The molecule has 1 N–H and O–H groups in total. The van der Waals surface area contributed by atoms with Gasteiger partial charge in [-0.25, -0.2) is 8.42 Å². The number of ether oxygens (including phenoxy) is 2. The van der Waals surface area contributed by atoms with Crippen molar-refractivity contribution in [3.05, 3.63) is 53.6 Å². The molecule has 0 saturated heterocycles. The number of nitrogens with zero attached hydrogens (tertiary/aromatic N) is 1. The predicted octanol–water partition coefficient (Wildman–Crippen LogP) is 2.92. The molecule has 0 fully saturated rings. The standard InChI is InChI=1S/C22H30N2O5S/c1-16-8-6-9-18(14-16)10-7-13-23-22(25)17(2)24(30(5,26)27)20-15-19(28-3)11-12-21(20)29-4/h6,8-9,11-12,14-15,17H,7,10,13H2,1-5H3,(H,23,25). The molecule has 0 aromatic heterocycles. The number of hydrogen-bond acceptors (Lipinski definition) is 5. The first-order chi connectivity index (χ1) is 14.2. The lowest BCUT2D eigenvalue weighted by molar-refractivity contribution is -0.121. The molecule has 2 aromatic rings. The Bertz CT molecular complexity index is 975. The van der Waals surface area contributed by atoms with Crippen LogP contribution >= 0.6 is 0 Å². The molecule has 8 heteroatoms. The summed E-state index contributed by atoms with van der Waals surface area (Å²) in [6.07, 6.45) is 2.65. The smallest absolute Gasteiger partial charge is 0.243 e. The second-order valence-electron chi connectivity index (χ2n) is 7.16. The van der Waals surface area contributed by atoms with Crippen LogP contribution in [0.2, 0.25) is 0 Å². The molecule has 2 aromatic carbocycles. The Labute approximate surface area is 179 Å². The van der Waals surface area contributed by atoms with Crippen LogP contribution in [0, 0.1) is 6.92 Å². The number of methoxy groups -OCH3 is 2. The summed E-state index contributed by atoms with van der Waals surface area (Å²) in [5, 5.41) is 2.84. The Hall–Kier alpha value is -2.74. The number of benzene rings is 2. The van der Waals surface area contributed by atoms with Crippen molar-refractivity contribution in [1.82, 2.24) is 5.32 Å². The van der Waals surface area contributed by atoms with E-state index in [1.54, 1.807) is 25.1 Å². The minimum absolute atomic E-state index is 0.252. The quantitative estimate of drug-likeness (QED) is 0.581. The van der Waals surface area contributed by atoms with Gasteiger partial charge in [0.15, 0.2) is 0 Å². The number of aryl methyl sites for hydroxylation is 2. The van der Waals surface area contributed by atoms with Crippen LogP contribution in [0.3, 0.4) is 0 Å². The molecule has 1 atom stereocenters. The normalized spacial score (nSPS) is 12.2. The molecule has 164 valence electrons. The first-order valence-electron chi connectivity index (χ1n) is 9.72. The van der Waals surface area contributed by atoms with Gasteiger partial charge in [0.1, 0.15) is 17.5 Å². The molecule has 7 nitrogen and oxygen atoms in total. The largest absolute Gasteiger partial charge is 0.497 e. The maximum atomic E-state index is 12.7. The number of nitrogens with one attached hydrogen (secondary N) is 1. The Balaban J connectivity index is 2.12. The molecule has 0 aliphatic carbocycles. The molecular formula is C22H30N2O5S. The van der Waals surface area contributed by atoms with Gasteiger partial charge in [-0.2, -0.15) is 0 Å². The average Bonchev–Trinajstić information content (AvgIpc) is 2.70. The summed E-state index contributed by atoms with van der Waals surface area (Å²) in [4.78, 5) is 12.7. The Kier molecular flexibility index (Phi) is 8.11. The van der Waals surface area contributed by atoms with Crippen molar-refractivity contribution < 1.29 is 22.7 Å². The van der Waals surface area contributed by atoms with Crippen molar-refractivity contribution in [2.75, 3.05) is 31.3 Å². The van der Waals surface area contributed by atoms with Crippen molar-refractivity contribution in [3.63, 3.8) is 0 Å². The van der Waals surface area contributed by atoms with Crippen molar-refractivity contribution in [1.29, 1.82) is 0 Å². The molecule has 0 heterocycles. The summed E-state index contributed by atoms with van der Waals surface area (Å²) in [6, 6.07) is 12.1. The molecule has 2 rings (SSSR count). The minimum atomic E-state index is -3.76. The highest BCUT2D eigenvalue weighted by Gasteiger charge is 2.31. The van der Waals surface area contributed by atoms with Gasteiger partial charge in [0.05, 0.1) is 26.2 Å². The minimum Gasteiger partial charge on any atom is -0.497 e. The Morgan fingerprint density at radius 2 is 1.87 bits per heavy atom. The fourth-order valence-electron chi connectivity index (χ4n) is 3.27. The number of rotatable bonds is 10. The molecule has 0 radical (unpaired) electrons. The summed E-state index contributed by atoms with van der Waals surface area (Å²) in [5.41, 5.74) is 2.65. The monoisotopic (exact) mass is 434 g/mol. The Morgan fingerprint density at radius 3 is 2.47 bits per heavy atom.